The van der Waals surface area contributed by atoms with Crippen molar-refractivity contribution in [3.8, 4) is 0 Å². The van der Waals surface area contributed by atoms with Crippen LogP contribution in [0.15, 0.2) is 9.15 Å². The lowest BCUT2D eigenvalue weighted by molar-refractivity contribution is -0.453. The van der Waals surface area contributed by atoms with Crippen molar-refractivity contribution in [2.75, 3.05) is 14.2 Å². The minimum Gasteiger partial charge on any atom is -0.385 e. The van der Waals surface area contributed by atoms with Crippen molar-refractivity contribution in [1.82, 2.24) is 0 Å². The van der Waals surface area contributed by atoms with E-state index in [0.717, 1.165) is 15.6 Å². The van der Waals surface area contributed by atoms with E-state index in [2.05, 4.69) is 22.6 Å². The number of ether oxygens (including phenoxy) is 4. The normalized spacial score (nSPS) is 47.2. The van der Waals surface area contributed by atoms with Gasteiger partial charge in [0.25, 0.3) is 0 Å². The van der Waals surface area contributed by atoms with Gasteiger partial charge in [-0.2, -0.15) is 0 Å². The van der Waals surface area contributed by atoms with Gasteiger partial charge in [0.05, 0.1) is 6.10 Å². The largest absolute Gasteiger partial charge is 0.385 e. The molecule has 0 aromatic heterocycles. The molecule has 2 rings (SSSR count). The highest BCUT2D eigenvalue weighted by molar-refractivity contribution is 14.1. The Morgan fingerprint density at radius 2 is 1.74 bits per heavy atom. The molecular formula is C13H21IO5. The molecule has 0 spiro atoms. The van der Waals surface area contributed by atoms with Crippen LogP contribution < -0.4 is 0 Å². The van der Waals surface area contributed by atoms with Crippen LogP contribution in [-0.4, -0.2) is 49.2 Å². The lowest BCUT2D eigenvalue weighted by Crippen LogP contribution is -2.67. The fraction of sp³-hybridized carbons (Fsp3) is 0.846. The molecule has 1 fully saturated rings. The van der Waals surface area contributed by atoms with E-state index in [4.69, 9.17) is 18.9 Å². The van der Waals surface area contributed by atoms with Gasteiger partial charge in [-0.25, -0.2) is 0 Å². The summed E-state index contributed by atoms with van der Waals surface area (Å²) in [4.78, 5) is 0. The Kier molecular flexibility index (Phi) is 4.31. The van der Waals surface area contributed by atoms with E-state index in [1.807, 2.05) is 6.92 Å². The zero-order valence-electron chi connectivity index (χ0n) is 11.9. The molecule has 19 heavy (non-hydrogen) atoms. The van der Waals surface area contributed by atoms with Gasteiger partial charge in [0.1, 0.15) is 12.2 Å². The molecule has 2 aliphatic rings. The van der Waals surface area contributed by atoms with Crippen LogP contribution in [-0.2, 0) is 18.9 Å². The highest BCUT2D eigenvalue weighted by atomic mass is 127. The van der Waals surface area contributed by atoms with Gasteiger partial charge < -0.3 is 24.1 Å². The van der Waals surface area contributed by atoms with Gasteiger partial charge in [0.15, 0.2) is 0 Å². The summed E-state index contributed by atoms with van der Waals surface area (Å²) in [5.41, 5.74) is 1.12. The minimum atomic E-state index is -1.06. The molecule has 0 radical (unpaired) electrons. The van der Waals surface area contributed by atoms with Crippen molar-refractivity contribution in [1.29, 1.82) is 0 Å². The summed E-state index contributed by atoms with van der Waals surface area (Å²) in [5, 5.41) is 10.3. The van der Waals surface area contributed by atoms with Gasteiger partial charge in [0.2, 0.25) is 11.6 Å². The SMILES string of the molecule is CO[C@@]1(C)O[C@H]2[C@@H](CC(C)=C(I)[C@@H]2O)O[C@]1(C)OC. The molecule has 1 aliphatic heterocycles. The molecule has 0 aromatic rings. The van der Waals surface area contributed by atoms with Crippen molar-refractivity contribution in [3.05, 3.63) is 9.15 Å². The molecule has 0 bridgehead atoms. The maximum Gasteiger partial charge on any atom is 0.220 e. The summed E-state index contributed by atoms with van der Waals surface area (Å²) in [7, 11) is 3.11. The number of hydrogen-bond donors (Lipinski definition) is 1. The number of hydrogen-bond acceptors (Lipinski definition) is 5. The van der Waals surface area contributed by atoms with Gasteiger partial charge in [0, 0.05) is 17.8 Å². The molecule has 1 aliphatic carbocycles. The monoisotopic (exact) mass is 384 g/mol. The number of halogens is 1. The number of aliphatic hydroxyl groups is 1. The number of aliphatic hydroxyl groups excluding tert-OH is 1. The van der Waals surface area contributed by atoms with E-state index in [9.17, 15) is 5.11 Å². The summed E-state index contributed by atoms with van der Waals surface area (Å²) in [6.45, 7) is 5.55. The van der Waals surface area contributed by atoms with E-state index in [0.29, 0.717) is 0 Å². The van der Waals surface area contributed by atoms with Crippen molar-refractivity contribution in [3.63, 3.8) is 0 Å². The van der Waals surface area contributed by atoms with E-state index in [1.165, 1.54) is 0 Å². The first-order chi connectivity index (χ1) is 8.78. The van der Waals surface area contributed by atoms with Gasteiger partial charge in [-0.15, -0.1) is 0 Å². The molecule has 1 heterocycles. The molecule has 0 saturated carbocycles. The first-order valence-corrected chi connectivity index (χ1v) is 7.35. The second-order valence-electron chi connectivity index (χ2n) is 5.32. The fourth-order valence-corrected chi connectivity index (χ4v) is 3.17. The molecule has 6 heteroatoms. The predicted octanol–water partition coefficient (Wildman–Crippen LogP) is 1.97. The van der Waals surface area contributed by atoms with Gasteiger partial charge in [-0.3, -0.25) is 0 Å². The Morgan fingerprint density at radius 1 is 1.21 bits per heavy atom. The Labute approximate surface area is 127 Å². The highest BCUT2D eigenvalue weighted by Gasteiger charge is 2.58. The lowest BCUT2D eigenvalue weighted by atomic mass is 9.90. The number of fused-ring (bicyclic) bond motifs is 1. The van der Waals surface area contributed by atoms with Crippen molar-refractivity contribution in [2.45, 2.75) is 57.1 Å². The lowest BCUT2D eigenvalue weighted by Gasteiger charge is -2.54. The van der Waals surface area contributed by atoms with E-state index in [-0.39, 0.29) is 6.10 Å². The summed E-state index contributed by atoms with van der Waals surface area (Å²) in [5.74, 6) is -2.07. The highest BCUT2D eigenvalue weighted by Crippen LogP contribution is 2.45. The predicted molar refractivity (Wildman–Crippen MR) is 77.9 cm³/mol. The first-order valence-electron chi connectivity index (χ1n) is 6.27. The molecular weight excluding hydrogens is 363 g/mol. The second kappa shape index (κ2) is 5.23. The zero-order chi connectivity index (χ0) is 14.4. The molecule has 1 N–H and O–H groups in total. The third-order valence-electron chi connectivity index (χ3n) is 4.19. The Balaban J connectivity index is 2.35. The van der Waals surface area contributed by atoms with Crippen LogP contribution in [0.5, 0.6) is 0 Å². The van der Waals surface area contributed by atoms with Crippen LogP contribution in [0.4, 0.5) is 0 Å². The second-order valence-corrected chi connectivity index (χ2v) is 6.48. The summed E-state index contributed by atoms with van der Waals surface area (Å²) in [6, 6.07) is 0. The zero-order valence-corrected chi connectivity index (χ0v) is 14.1. The maximum absolute atomic E-state index is 10.3. The van der Waals surface area contributed by atoms with Gasteiger partial charge in [-0.1, -0.05) is 5.57 Å². The molecule has 0 unspecified atom stereocenters. The summed E-state index contributed by atoms with van der Waals surface area (Å²) >= 11 is 2.16. The molecule has 110 valence electrons. The van der Waals surface area contributed by atoms with E-state index >= 15 is 0 Å². The van der Waals surface area contributed by atoms with Crippen molar-refractivity contribution >= 4 is 22.6 Å². The molecule has 5 nitrogen and oxygen atoms in total. The van der Waals surface area contributed by atoms with Crippen LogP contribution >= 0.6 is 22.6 Å². The Morgan fingerprint density at radius 3 is 2.26 bits per heavy atom. The topological polar surface area (TPSA) is 57.2 Å². The van der Waals surface area contributed by atoms with Crippen LogP contribution in [0.2, 0.25) is 0 Å². The standard InChI is InChI=1S/C13H21IO5/c1-7-6-8-11(10(15)9(7)14)19-13(3,17-5)12(2,16-4)18-8/h8,10-11,15H,6H2,1-5H3/t8-,10+,11+,12+,13+/m1/s1. The van der Waals surface area contributed by atoms with Crippen LogP contribution in [0, 0.1) is 0 Å². The molecule has 1 saturated heterocycles. The molecule has 0 aromatic carbocycles. The third kappa shape index (κ3) is 2.36. The molecule has 5 atom stereocenters. The Hall–Kier alpha value is 0.270. The number of rotatable bonds is 2. The van der Waals surface area contributed by atoms with Gasteiger partial charge >= 0.3 is 0 Å². The van der Waals surface area contributed by atoms with Gasteiger partial charge in [-0.05, 0) is 49.8 Å². The first kappa shape index (κ1) is 15.7. The third-order valence-corrected chi connectivity index (χ3v) is 5.75. The average Bonchev–Trinajstić information content (AvgIpc) is 2.39. The van der Waals surface area contributed by atoms with Crippen LogP contribution in [0.1, 0.15) is 27.2 Å². The smallest absolute Gasteiger partial charge is 0.220 e. The fourth-order valence-electron chi connectivity index (χ4n) is 2.59. The molecule has 0 amide bonds. The van der Waals surface area contributed by atoms with E-state index < -0.39 is 23.8 Å². The van der Waals surface area contributed by atoms with Crippen LogP contribution in [0.25, 0.3) is 0 Å². The Bertz CT molecular complexity index is 398. The average molecular weight is 384 g/mol. The summed E-state index contributed by atoms with van der Waals surface area (Å²) < 4.78 is 23.9. The maximum atomic E-state index is 10.3. The van der Waals surface area contributed by atoms with Crippen LogP contribution in [0.3, 0.4) is 0 Å². The van der Waals surface area contributed by atoms with Crippen molar-refractivity contribution < 1.29 is 24.1 Å². The summed E-state index contributed by atoms with van der Waals surface area (Å²) in [6.07, 6.45) is -0.639. The van der Waals surface area contributed by atoms with Crippen molar-refractivity contribution in [2.24, 2.45) is 0 Å². The number of methoxy groups -OCH3 is 2. The quantitative estimate of drug-likeness (QED) is 0.738. The van der Waals surface area contributed by atoms with E-state index in [1.54, 1.807) is 28.1 Å². The minimum absolute atomic E-state index is 0.235.